The van der Waals surface area contributed by atoms with Gasteiger partial charge in [-0.3, -0.25) is 9.78 Å². The van der Waals surface area contributed by atoms with E-state index in [9.17, 15) is 4.79 Å². The van der Waals surface area contributed by atoms with Crippen molar-refractivity contribution in [2.24, 2.45) is 0 Å². The smallest absolute Gasteiger partial charge is 0.167 e. The van der Waals surface area contributed by atoms with Gasteiger partial charge >= 0.3 is 0 Å². The van der Waals surface area contributed by atoms with Crippen LogP contribution in [0.25, 0.3) is 10.9 Å². The highest BCUT2D eigenvalue weighted by atomic mass is 35.5. The Bertz CT molecular complexity index is 825. The quantitative estimate of drug-likeness (QED) is 0.639. The molecule has 1 aromatic heterocycles. The number of benzene rings is 2. The summed E-state index contributed by atoms with van der Waals surface area (Å²) in [5.74, 6) is 0.0342. The summed E-state index contributed by atoms with van der Waals surface area (Å²) in [6.07, 6.45) is 2.00. The number of ketones is 1. The highest BCUT2D eigenvalue weighted by Crippen LogP contribution is 2.24. The summed E-state index contributed by atoms with van der Waals surface area (Å²) >= 11 is 11.9. The first-order valence-electron chi connectivity index (χ1n) is 6.46. The summed E-state index contributed by atoms with van der Waals surface area (Å²) in [5, 5.41) is 1.81. The summed E-state index contributed by atoms with van der Waals surface area (Å²) < 4.78 is 0. The maximum atomic E-state index is 12.5. The van der Waals surface area contributed by atoms with Crippen LogP contribution >= 0.6 is 23.2 Å². The minimum absolute atomic E-state index is 0.0342. The molecule has 0 saturated heterocycles. The molecular weight excluding hydrogens is 305 g/mol. The molecule has 3 rings (SSSR count). The van der Waals surface area contributed by atoms with Crippen molar-refractivity contribution in [3.63, 3.8) is 0 Å². The maximum absolute atomic E-state index is 12.5. The van der Waals surface area contributed by atoms with Gasteiger partial charge < -0.3 is 0 Å². The summed E-state index contributed by atoms with van der Waals surface area (Å²) in [6, 6.07) is 14.5. The molecule has 0 bridgehead atoms. The number of aromatic nitrogens is 1. The van der Waals surface area contributed by atoms with Gasteiger partial charge in [0, 0.05) is 23.6 Å². The molecule has 0 aliphatic rings. The monoisotopic (exact) mass is 315 g/mol. The van der Waals surface area contributed by atoms with Crippen LogP contribution in [0.3, 0.4) is 0 Å². The molecule has 0 spiro atoms. The molecule has 1 heterocycles. The number of fused-ring (bicyclic) bond motifs is 1. The fraction of sp³-hybridized carbons (Fsp3) is 0.0588. The minimum atomic E-state index is 0.0342. The molecule has 0 N–H and O–H groups in total. The molecule has 4 heteroatoms. The first kappa shape index (κ1) is 14.1. The van der Waals surface area contributed by atoms with Crippen LogP contribution in [0, 0.1) is 0 Å². The van der Waals surface area contributed by atoms with Crippen molar-refractivity contribution in [1.82, 2.24) is 4.98 Å². The minimum Gasteiger partial charge on any atom is -0.294 e. The highest BCUT2D eigenvalue weighted by molar-refractivity contribution is 6.42. The molecule has 3 aromatic rings. The van der Waals surface area contributed by atoms with Crippen molar-refractivity contribution >= 4 is 39.9 Å². The zero-order chi connectivity index (χ0) is 14.8. The van der Waals surface area contributed by atoms with Gasteiger partial charge in [-0.1, -0.05) is 47.5 Å². The zero-order valence-corrected chi connectivity index (χ0v) is 12.5. The Morgan fingerprint density at radius 2 is 1.86 bits per heavy atom. The molecule has 2 nitrogen and oxygen atoms in total. The highest BCUT2D eigenvalue weighted by Gasteiger charge is 2.11. The van der Waals surface area contributed by atoms with E-state index in [1.54, 1.807) is 18.3 Å². The third-order valence-electron chi connectivity index (χ3n) is 3.29. The van der Waals surface area contributed by atoms with Crippen LogP contribution in [0.5, 0.6) is 0 Å². The summed E-state index contributed by atoms with van der Waals surface area (Å²) in [5.41, 5.74) is 2.33. The lowest BCUT2D eigenvalue weighted by Crippen LogP contribution is -2.04. The van der Waals surface area contributed by atoms with Crippen molar-refractivity contribution in [2.75, 3.05) is 0 Å². The Hall–Kier alpha value is -1.90. The fourth-order valence-corrected chi connectivity index (χ4v) is 2.60. The average molecular weight is 316 g/mol. The van der Waals surface area contributed by atoms with Gasteiger partial charge in [-0.2, -0.15) is 0 Å². The van der Waals surface area contributed by atoms with Gasteiger partial charge in [0.15, 0.2) is 5.78 Å². The van der Waals surface area contributed by atoms with Crippen LogP contribution in [0.2, 0.25) is 10.0 Å². The molecule has 0 fully saturated rings. The SMILES string of the molecule is O=C(Cc1ccc(Cl)c(Cl)c1)c1cccc2ncccc12. The van der Waals surface area contributed by atoms with Crippen LogP contribution in [-0.4, -0.2) is 10.8 Å². The Morgan fingerprint density at radius 1 is 1.00 bits per heavy atom. The normalized spacial score (nSPS) is 10.8. The fourth-order valence-electron chi connectivity index (χ4n) is 2.28. The van der Waals surface area contributed by atoms with Crippen LogP contribution in [0.1, 0.15) is 15.9 Å². The maximum Gasteiger partial charge on any atom is 0.167 e. The lowest BCUT2D eigenvalue weighted by atomic mass is 9.99. The van der Waals surface area contributed by atoms with Crippen molar-refractivity contribution in [3.05, 3.63) is 75.9 Å². The van der Waals surface area contributed by atoms with Gasteiger partial charge in [0.25, 0.3) is 0 Å². The number of Topliss-reactive ketones (excluding diaryl/α,β-unsaturated/α-hetero) is 1. The van der Waals surface area contributed by atoms with E-state index in [4.69, 9.17) is 23.2 Å². The van der Waals surface area contributed by atoms with Gasteiger partial charge in [0.1, 0.15) is 0 Å². The molecule has 0 unspecified atom stereocenters. The number of hydrogen-bond acceptors (Lipinski definition) is 2. The summed E-state index contributed by atoms with van der Waals surface area (Å²) in [7, 11) is 0. The largest absolute Gasteiger partial charge is 0.294 e. The van der Waals surface area contributed by atoms with E-state index in [1.165, 1.54) is 0 Å². The van der Waals surface area contributed by atoms with Crippen LogP contribution in [0.15, 0.2) is 54.7 Å². The van der Waals surface area contributed by atoms with Crippen LogP contribution in [-0.2, 0) is 6.42 Å². The van der Waals surface area contributed by atoms with E-state index in [2.05, 4.69) is 4.98 Å². The number of carbonyl (C=O) groups is 1. The van der Waals surface area contributed by atoms with Crippen molar-refractivity contribution in [3.8, 4) is 0 Å². The zero-order valence-electron chi connectivity index (χ0n) is 11.0. The molecule has 104 valence electrons. The van der Waals surface area contributed by atoms with Crippen molar-refractivity contribution in [2.45, 2.75) is 6.42 Å². The third kappa shape index (κ3) is 2.92. The standard InChI is InChI=1S/C17H11Cl2NO/c18-14-7-6-11(9-15(14)19)10-17(21)13-3-1-5-16-12(13)4-2-8-20-16/h1-9H,10H2. The second-order valence-electron chi connectivity index (χ2n) is 4.72. The van der Waals surface area contributed by atoms with E-state index in [0.717, 1.165) is 16.5 Å². The summed E-state index contributed by atoms with van der Waals surface area (Å²) in [4.78, 5) is 16.8. The Labute approximate surface area is 132 Å². The topological polar surface area (TPSA) is 30.0 Å². The number of carbonyl (C=O) groups excluding carboxylic acids is 1. The van der Waals surface area contributed by atoms with E-state index in [0.29, 0.717) is 15.6 Å². The predicted octanol–water partition coefficient (Wildman–Crippen LogP) is 4.97. The third-order valence-corrected chi connectivity index (χ3v) is 4.03. The molecular formula is C17H11Cl2NO. The van der Waals surface area contributed by atoms with Gasteiger partial charge in [-0.05, 0) is 29.8 Å². The number of pyridine rings is 1. The lowest BCUT2D eigenvalue weighted by molar-refractivity contribution is 0.0994. The summed E-state index contributed by atoms with van der Waals surface area (Å²) in [6.45, 7) is 0. The van der Waals surface area contributed by atoms with Crippen molar-refractivity contribution < 1.29 is 4.79 Å². The van der Waals surface area contributed by atoms with Crippen LogP contribution in [0.4, 0.5) is 0 Å². The van der Waals surface area contributed by atoms with E-state index < -0.39 is 0 Å². The lowest BCUT2D eigenvalue weighted by Gasteiger charge is -2.06. The molecule has 21 heavy (non-hydrogen) atoms. The number of halogens is 2. The molecule has 0 aliphatic carbocycles. The number of hydrogen-bond donors (Lipinski definition) is 0. The number of rotatable bonds is 3. The predicted molar refractivity (Wildman–Crippen MR) is 86.2 cm³/mol. The van der Waals surface area contributed by atoms with Gasteiger partial charge in [-0.15, -0.1) is 0 Å². The van der Waals surface area contributed by atoms with E-state index in [1.807, 2.05) is 36.4 Å². The molecule has 2 aromatic carbocycles. The molecule has 0 aliphatic heterocycles. The van der Waals surface area contributed by atoms with Gasteiger partial charge in [0.2, 0.25) is 0 Å². The average Bonchev–Trinajstić information content (AvgIpc) is 2.50. The van der Waals surface area contributed by atoms with Crippen molar-refractivity contribution in [1.29, 1.82) is 0 Å². The van der Waals surface area contributed by atoms with E-state index in [-0.39, 0.29) is 12.2 Å². The first-order valence-corrected chi connectivity index (χ1v) is 7.21. The first-order chi connectivity index (χ1) is 10.1. The van der Waals surface area contributed by atoms with E-state index >= 15 is 0 Å². The molecule has 0 radical (unpaired) electrons. The van der Waals surface area contributed by atoms with Crippen LogP contribution < -0.4 is 0 Å². The van der Waals surface area contributed by atoms with Gasteiger partial charge in [-0.25, -0.2) is 0 Å². The Kier molecular flexibility index (Phi) is 3.91. The second kappa shape index (κ2) is 5.84. The molecule has 0 atom stereocenters. The van der Waals surface area contributed by atoms with Gasteiger partial charge in [0.05, 0.1) is 15.6 Å². The Morgan fingerprint density at radius 3 is 2.67 bits per heavy atom. The molecule has 0 saturated carbocycles. The number of nitrogens with zero attached hydrogens (tertiary/aromatic N) is 1. The second-order valence-corrected chi connectivity index (χ2v) is 5.54. The Balaban J connectivity index is 1.95. The molecule has 0 amide bonds.